The normalized spacial score (nSPS) is 14.6. The third-order valence-electron chi connectivity index (χ3n) is 7.84. The summed E-state index contributed by atoms with van der Waals surface area (Å²) in [5.74, 6) is -0.747. The van der Waals surface area contributed by atoms with Crippen molar-refractivity contribution in [2.24, 2.45) is 0 Å². The molecule has 9 nitrogen and oxygen atoms in total. The van der Waals surface area contributed by atoms with Crippen LogP contribution in [0.5, 0.6) is 11.5 Å². The number of benzene rings is 4. The van der Waals surface area contributed by atoms with Crippen molar-refractivity contribution in [2.75, 3.05) is 5.32 Å². The quantitative estimate of drug-likeness (QED) is 0.173. The average Bonchev–Trinajstić information content (AvgIpc) is 2.96. The van der Waals surface area contributed by atoms with E-state index < -0.39 is 35.6 Å². The van der Waals surface area contributed by atoms with Crippen LogP contribution in [-0.4, -0.2) is 50.7 Å². The van der Waals surface area contributed by atoms with Gasteiger partial charge in [0.25, 0.3) is 5.91 Å². The molecule has 2 atom stereocenters. The van der Waals surface area contributed by atoms with Crippen molar-refractivity contribution in [1.82, 2.24) is 10.2 Å². The van der Waals surface area contributed by atoms with E-state index in [9.17, 15) is 24.6 Å². The molecule has 0 spiro atoms. The second kappa shape index (κ2) is 13.3. The van der Waals surface area contributed by atoms with Crippen LogP contribution >= 0.6 is 0 Å². The van der Waals surface area contributed by atoms with Gasteiger partial charge in [0.15, 0.2) is 0 Å². The van der Waals surface area contributed by atoms with Crippen molar-refractivity contribution in [3.63, 3.8) is 0 Å². The highest BCUT2D eigenvalue weighted by atomic mass is 16.6. The highest BCUT2D eigenvalue weighted by Gasteiger charge is 2.42. The van der Waals surface area contributed by atoms with E-state index >= 15 is 0 Å². The van der Waals surface area contributed by atoms with Gasteiger partial charge in [0.05, 0.1) is 0 Å². The van der Waals surface area contributed by atoms with Gasteiger partial charge in [-0.25, -0.2) is 4.79 Å². The van der Waals surface area contributed by atoms with Crippen LogP contribution < -0.4 is 10.6 Å². The Kier molecular flexibility index (Phi) is 9.27. The summed E-state index contributed by atoms with van der Waals surface area (Å²) in [4.78, 5) is 43.5. The molecule has 3 amide bonds. The lowest BCUT2D eigenvalue weighted by Crippen LogP contribution is -2.57. The number of nitrogens with one attached hydrogen (secondary N) is 2. The van der Waals surface area contributed by atoms with Crippen LogP contribution in [0.3, 0.4) is 0 Å². The van der Waals surface area contributed by atoms with Crippen molar-refractivity contribution in [3.8, 4) is 11.5 Å². The van der Waals surface area contributed by atoms with Crippen LogP contribution in [0.4, 0.5) is 10.5 Å². The standard InChI is InChI=1S/C36H39N3O6/c1-36(2,3)45-35(44)38-31(21-23-11-17-29(40)18-12-23)34(43)39(28-9-6-10-28)32(25-14-19-30(41)20-15-25)33(42)37-27-16-13-24-7-4-5-8-26(24)22-27/h4-5,7-8,11-20,22,28,31-32,40-41H,6,9-10,21H2,1-3H3,(H,37,42)(H,38,44). The lowest BCUT2D eigenvalue weighted by atomic mass is 9.87. The Labute approximate surface area is 262 Å². The van der Waals surface area contributed by atoms with E-state index in [1.165, 1.54) is 24.3 Å². The minimum atomic E-state index is -1.07. The van der Waals surface area contributed by atoms with E-state index in [0.29, 0.717) is 29.7 Å². The van der Waals surface area contributed by atoms with Gasteiger partial charge in [0, 0.05) is 18.2 Å². The van der Waals surface area contributed by atoms with Crippen molar-refractivity contribution in [1.29, 1.82) is 0 Å². The smallest absolute Gasteiger partial charge is 0.408 e. The number of nitrogens with zero attached hydrogens (tertiary/aromatic N) is 1. The summed E-state index contributed by atoms with van der Waals surface area (Å²) < 4.78 is 5.51. The monoisotopic (exact) mass is 609 g/mol. The van der Waals surface area contributed by atoms with Gasteiger partial charge >= 0.3 is 6.09 Å². The molecule has 2 unspecified atom stereocenters. The number of alkyl carbamates (subject to hydrolysis) is 1. The van der Waals surface area contributed by atoms with Crippen LogP contribution in [0.25, 0.3) is 10.8 Å². The Morgan fingerprint density at radius 1 is 0.867 bits per heavy atom. The zero-order chi connectivity index (χ0) is 32.1. The number of anilines is 1. The molecule has 4 N–H and O–H groups in total. The van der Waals surface area contributed by atoms with Crippen LogP contribution in [0.15, 0.2) is 91.0 Å². The van der Waals surface area contributed by atoms with E-state index in [0.717, 1.165) is 17.2 Å². The largest absolute Gasteiger partial charge is 0.508 e. The first-order chi connectivity index (χ1) is 21.5. The van der Waals surface area contributed by atoms with Gasteiger partial charge in [-0.15, -0.1) is 0 Å². The van der Waals surface area contributed by atoms with E-state index in [1.807, 2.05) is 42.5 Å². The highest BCUT2D eigenvalue weighted by Crippen LogP contribution is 2.35. The van der Waals surface area contributed by atoms with Gasteiger partial charge in [0.2, 0.25) is 5.91 Å². The molecule has 0 radical (unpaired) electrons. The van der Waals surface area contributed by atoms with E-state index in [1.54, 1.807) is 49.9 Å². The van der Waals surface area contributed by atoms with Crippen molar-refractivity contribution < 1.29 is 29.3 Å². The number of rotatable bonds is 9. The maximum Gasteiger partial charge on any atom is 0.408 e. The number of hydrogen-bond donors (Lipinski definition) is 4. The number of carbonyl (C=O) groups is 3. The fraction of sp³-hybridized carbons (Fsp3) is 0.306. The zero-order valence-electron chi connectivity index (χ0n) is 25.7. The van der Waals surface area contributed by atoms with Gasteiger partial charge in [0.1, 0.15) is 29.2 Å². The van der Waals surface area contributed by atoms with Crippen LogP contribution in [0, 0.1) is 0 Å². The van der Waals surface area contributed by atoms with E-state index in [-0.39, 0.29) is 24.0 Å². The van der Waals surface area contributed by atoms with Crippen molar-refractivity contribution in [2.45, 2.75) is 70.2 Å². The lowest BCUT2D eigenvalue weighted by Gasteiger charge is -2.43. The molecular weight excluding hydrogens is 570 g/mol. The summed E-state index contributed by atoms with van der Waals surface area (Å²) in [6, 6.07) is 23.7. The molecular formula is C36H39N3O6. The van der Waals surface area contributed by atoms with Gasteiger partial charge in [-0.05, 0) is 98.3 Å². The first-order valence-electron chi connectivity index (χ1n) is 15.1. The maximum absolute atomic E-state index is 14.6. The topological polar surface area (TPSA) is 128 Å². The Bertz CT molecular complexity index is 1660. The molecule has 0 heterocycles. The molecule has 1 saturated carbocycles. The summed E-state index contributed by atoms with van der Waals surface area (Å²) in [5, 5.41) is 27.6. The summed E-state index contributed by atoms with van der Waals surface area (Å²) in [7, 11) is 0. The maximum atomic E-state index is 14.6. The molecule has 45 heavy (non-hydrogen) atoms. The molecule has 0 aliphatic heterocycles. The Morgan fingerprint density at radius 2 is 1.49 bits per heavy atom. The molecule has 5 rings (SSSR count). The van der Waals surface area contributed by atoms with E-state index in [4.69, 9.17) is 4.74 Å². The second-order valence-corrected chi connectivity index (χ2v) is 12.4. The van der Waals surface area contributed by atoms with Gasteiger partial charge in [-0.3, -0.25) is 9.59 Å². The number of ether oxygens (including phenoxy) is 1. The number of phenols is 2. The number of phenolic OH excluding ortho intramolecular Hbond substituents is 2. The molecule has 4 aromatic rings. The summed E-state index contributed by atoms with van der Waals surface area (Å²) in [5.41, 5.74) is 1.01. The average molecular weight is 610 g/mol. The molecule has 0 saturated heterocycles. The SMILES string of the molecule is CC(C)(C)OC(=O)NC(Cc1ccc(O)cc1)C(=O)N(C1CCC1)C(C(=O)Nc1ccc2ccccc2c1)c1ccc(O)cc1. The molecule has 0 bridgehead atoms. The summed E-state index contributed by atoms with van der Waals surface area (Å²) in [6.07, 6.45) is 1.64. The van der Waals surface area contributed by atoms with E-state index in [2.05, 4.69) is 10.6 Å². The summed E-state index contributed by atoms with van der Waals surface area (Å²) in [6.45, 7) is 5.21. The Hall–Kier alpha value is -5.05. The van der Waals surface area contributed by atoms with Gasteiger partial charge in [-0.1, -0.05) is 54.6 Å². The molecule has 4 aromatic carbocycles. The predicted octanol–water partition coefficient (Wildman–Crippen LogP) is 6.45. The lowest BCUT2D eigenvalue weighted by molar-refractivity contribution is -0.145. The Morgan fingerprint density at radius 3 is 2.09 bits per heavy atom. The minimum absolute atomic E-state index is 0.0331. The van der Waals surface area contributed by atoms with Crippen LogP contribution in [-0.2, 0) is 20.7 Å². The zero-order valence-corrected chi connectivity index (χ0v) is 25.7. The van der Waals surface area contributed by atoms with Crippen LogP contribution in [0.1, 0.15) is 57.2 Å². The van der Waals surface area contributed by atoms with Crippen molar-refractivity contribution in [3.05, 3.63) is 102 Å². The first-order valence-corrected chi connectivity index (χ1v) is 15.1. The van der Waals surface area contributed by atoms with Gasteiger partial charge in [-0.2, -0.15) is 0 Å². The number of fused-ring (bicyclic) bond motifs is 1. The number of carbonyl (C=O) groups excluding carboxylic acids is 3. The van der Waals surface area contributed by atoms with Crippen molar-refractivity contribution >= 4 is 34.4 Å². The second-order valence-electron chi connectivity index (χ2n) is 12.4. The summed E-state index contributed by atoms with van der Waals surface area (Å²) >= 11 is 0. The molecule has 1 aliphatic rings. The third kappa shape index (κ3) is 7.92. The molecule has 1 aliphatic carbocycles. The number of amides is 3. The Balaban J connectivity index is 1.52. The fourth-order valence-electron chi connectivity index (χ4n) is 5.45. The molecule has 9 heteroatoms. The predicted molar refractivity (Wildman–Crippen MR) is 173 cm³/mol. The minimum Gasteiger partial charge on any atom is -0.508 e. The molecule has 234 valence electrons. The highest BCUT2D eigenvalue weighted by molar-refractivity contribution is 6.00. The molecule has 1 fully saturated rings. The fourth-order valence-corrected chi connectivity index (χ4v) is 5.45. The number of hydrogen-bond acceptors (Lipinski definition) is 6. The van der Waals surface area contributed by atoms with Gasteiger partial charge < -0.3 is 30.5 Å². The third-order valence-corrected chi connectivity index (χ3v) is 7.84. The van der Waals surface area contributed by atoms with Crippen LogP contribution in [0.2, 0.25) is 0 Å². The number of aromatic hydroxyl groups is 2. The molecule has 0 aromatic heterocycles. The first kappa shape index (κ1) is 31.4.